The van der Waals surface area contributed by atoms with E-state index in [1.807, 2.05) is 18.2 Å². The van der Waals surface area contributed by atoms with E-state index in [0.717, 1.165) is 12.0 Å². The summed E-state index contributed by atoms with van der Waals surface area (Å²) < 4.78 is 0. The smallest absolute Gasteiger partial charge is 0.335 e. The maximum atomic E-state index is 10.6. The van der Waals surface area contributed by atoms with E-state index < -0.39 is 5.97 Å². The molecule has 1 unspecified atom stereocenters. The zero-order valence-electron chi connectivity index (χ0n) is 8.23. The van der Waals surface area contributed by atoms with Crippen LogP contribution in [0.25, 0.3) is 0 Å². The Labute approximate surface area is 83.9 Å². The highest BCUT2D eigenvalue weighted by Gasteiger charge is 2.03. The molecule has 74 valence electrons. The molecular weight excluding hydrogens is 176 g/mol. The SMILES string of the molecule is C=CC(C)Cc1ccc(C(=O)O)cc1. The van der Waals surface area contributed by atoms with Gasteiger partial charge < -0.3 is 5.11 Å². The third kappa shape index (κ3) is 2.73. The first kappa shape index (κ1) is 10.5. The first-order valence-corrected chi connectivity index (χ1v) is 4.58. The standard InChI is InChI=1S/C12H14O2/c1-3-9(2)8-10-4-6-11(7-5-10)12(13)14/h3-7,9H,1,8H2,2H3,(H,13,14). The molecule has 1 aromatic carbocycles. The van der Waals surface area contributed by atoms with Gasteiger partial charge in [-0.25, -0.2) is 4.79 Å². The van der Waals surface area contributed by atoms with Gasteiger partial charge in [-0.3, -0.25) is 0 Å². The second-order valence-corrected chi connectivity index (χ2v) is 3.42. The van der Waals surface area contributed by atoms with Crippen molar-refractivity contribution in [1.29, 1.82) is 0 Å². The van der Waals surface area contributed by atoms with Crippen molar-refractivity contribution in [2.24, 2.45) is 5.92 Å². The average Bonchev–Trinajstić information content (AvgIpc) is 2.18. The summed E-state index contributed by atoms with van der Waals surface area (Å²) >= 11 is 0. The fraction of sp³-hybridized carbons (Fsp3) is 0.250. The summed E-state index contributed by atoms with van der Waals surface area (Å²) in [5, 5.41) is 8.69. The Morgan fingerprint density at radius 1 is 1.50 bits per heavy atom. The molecule has 1 rings (SSSR count). The molecule has 0 spiro atoms. The molecule has 0 aliphatic carbocycles. The van der Waals surface area contributed by atoms with Gasteiger partial charge >= 0.3 is 5.97 Å². The number of aromatic carboxylic acids is 1. The van der Waals surface area contributed by atoms with Crippen LogP contribution in [0.15, 0.2) is 36.9 Å². The molecule has 14 heavy (non-hydrogen) atoms. The van der Waals surface area contributed by atoms with Gasteiger partial charge in [0.15, 0.2) is 0 Å². The van der Waals surface area contributed by atoms with Gasteiger partial charge in [0.2, 0.25) is 0 Å². The van der Waals surface area contributed by atoms with E-state index in [-0.39, 0.29) is 0 Å². The molecule has 0 aliphatic heterocycles. The number of allylic oxidation sites excluding steroid dienone is 1. The van der Waals surface area contributed by atoms with E-state index in [9.17, 15) is 4.79 Å². The van der Waals surface area contributed by atoms with Crippen LogP contribution in [0.2, 0.25) is 0 Å². The summed E-state index contributed by atoms with van der Waals surface area (Å²) in [6, 6.07) is 6.97. The second-order valence-electron chi connectivity index (χ2n) is 3.42. The maximum absolute atomic E-state index is 10.6. The Bertz CT molecular complexity index is 325. The third-order valence-corrected chi connectivity index (χ3v) is 2.16. The lowest BCUT2D eigenvalue weighted by atomic mass is 10.0. The number of carboxylic acids is 1. The van der Waals surface area contributed by atoms with Crippen molar-refractivity contribution < 1.29 is 9.90 Å². The van der Waals surface area contributed by atoms with Crippen molar-refractivity contribution in [3.8, 4) is 0 Å². The normalized spacial score (nSPS) is 12.1. The molecule has 0 aliphatic rings. The van der Waals surface area contributed by atoms with Gasteiger partial charge in [0.1, 0.15) is 0 Å². The first-order valence-electron chi connectivity index (χ1n) is 4.58. The largest absolute Gasteiger partial charge is 0.478 e. The van der Waals surface area contributed by atoms with E-state index >= 15 is 0 Å². The molecule has 0 radical (unpaired) electrons. The van der Waals surface area contributed by atoms with E-state index in [2.05, 4.69) is 13.5 Å². The fourth-order valence-electron chi connectivity index (χ4n) is 1.24. The van der Waals surface area contributed by atoms with Crippen LogP contribution in [0.5, 0.6) is 0 Å². The number of rotatable bonds is 4. The van der Waals surface area contributed by atoms with E-state index in [1.165, 1.54) is 0 Å². The maximum Gasteiger partial charge on any atom is 0.335 e. The molecule has 1 N–H and O–H groups in total. The van der Waals surface area contributed by atoms with Crippen LogP contribution in [-0.2, 0) is 6.42 Å². The van der Waals surface area contributed by atoms with Gasteiger partial charge in [-0.2, -0.15) is 0 Å². The number of carbonyl (C=O) groups is 1. The summed E-state index contributed by atoms with van der Waals surface area (Å²) in [6.07, 6.45) is 2.80. The number of carboxylic acid groups (broad SMARTS) is 1. The zero-order valence-corrected chi connectivity index (χ0v) is 8.23. The van der Waals surface area contributed by atoms with Crippen molar-refractivity contribution in [1.82, 2.24) is 0 Å². The molecule has 0 bridgehead atoms. The van der Waals surface area contributed by atoms with E-state index in [1.54, 1.807) is 12.1 Å². The Morgan fingerprint density at radius 2 is 2.07 bits per heavy atom. The Morgan fingerprint density at radius 3 is 2.50 bits per heavy atom. The molecular formula is C12H14O2. The highest BCUT2D eigenvalue weighted by Crippen LogP contribution is 2.10. The molecule has 1 aromatic rings. The summed E-state index contributed by atoms with van der Waals surface area (Å²) in [6.45, 7) is 5.79. The van der Waals surface area contributed by atoms with Gasteiger partial charge in [-0.05, 0) is 30.0 Å². The van der Waals surface area contributed by atoms with Crippen LogP contribution in [0.1, 0.15) is 22.8 Å². The molecule has 0 heterocycles. The molecule has 0 amide bonds. The minimum Gasteiger partial charge on any atom is -0.478 e. The van der Waals surface area contributed by atoms with Gasteiger partial charge in [-0.1, -0.05) is 25.1 Å². The summed E-state index contributed by atoms with van der Waals surface area (Å²) in [4.78, 5) is 10.6. The minimum absolute atomic E-state index is 0.333. The fourth-order valence-corrected chi connectivity index (χ4v) is 1.24. The Kier molecular flexibility index (Phi) is 3.46. The number of benzene rings is 1. The molecule has 0 saturated heterocycles. The van der Waals surface area contributed by atoms with Crippen LogP contribution < -0.4 is 0 Å². The number of hydrogen-bond donors (Lipinski definition) is 1. The molecule has 2 heteroatoms. The topological polar surface area (TPSA) is 37.3 Å². The molecule has 0 aromatic heterocycles. The van der Waals surface area contributed by atoms with Crippen LogP contribution in [0.4, 0.5) is 0 Å². The van der Waals surface area contributed by atoms with Crippen LogP contribution in [0, 0.1) is 5.92 Å². The predicted molar refractivity (Wildman–Crippen MR) is 56.5 cm³/mol. The van der Waals surface area contributed by atoms with Crippen molar-refractivity contribution >= 4 is 5.97 Å². The van der Waals surface area contributed by atoms with Gasteiger partial charge in [0.05, 0.1) is 5.56 Å². The van der Waals surface area contributed by atoms with Gasteiger partial charge in [0.25, 0.3) is 0 Å². The lowest BCUT2D eigenvalue weighted by Gasteiger charge is -2.05. The summed E-state index contributed by atoms with van der Waals surface area (Å²) in [7, 11) is 0. The van der Waals surface area contributed by atoms with Crippen LogP contribution in [0.3, 0.4) is 0 Å². The molecule has 0 fully saturated rings. The van der Waals surface area contributed by atoms with Crippen LogP contribution >= 0.6 is 0 Å². The number of hydrogen-bond acceptors (Lipinski definition) is 1. The Hall–Kier alpha value is -1.57. The van der Waals surface area contributed by atoms with Crippen molar-refractivity contribution in [3.63, 3.8) is 0 Å². The van der Waals surface area contributed by atoms with E-state index in [0.29, 0.717) is 11.5 Å². The highest BCUT2D eigenvalue weighted by atomic mass is 16.4. The summed E-state index contributed by atoms with van der Waals surface area (Å²) in [5.74, 6) is -0.459. The highest BCUT2D eigenvalue weighted by molar-refractivity contribution is 5.87. The zero-order chi connectivity index (χ0) is 10.6. The molecule has 0 saturated carbocycles. The first-order chi connectivity index (χ1) is 6.63. The predicted octanol–water partition coefficient (Wildman–Crippen LogP) is 2.75. The van der Waals surface area contributed by atoms with Gasteiger partial charge in [-0.15, -0.1) is 6.58 Å². The lowest BCUT2D eigenvalue weighted by Crippen LogP contribution is -1.98. The van der Waals surface area contributed by atoms with Crippen molar-refractivity contribution in [3.05, 3.63) is 48.0 Å². The average molecular weight is 190 g/mol. The molecule has 2 nitrogen and oxygen atoms in total. The quantitative estimate of drug-likeness (QED) is 0.741. The van der Waals surface area contributed by atoms with Crippen molar-refractivity contribution in [2.75, 3.05) is 0 Å². The molecule has 1 atom stereocenters. The third-order valence-electron chi connectivity index (χ3n) is 2.16. The van der Waals surface area contributed by atoms with Crippen LogP contribution in [-0.4, -0.2) is 11.1 Å². The van der Waals surface area contributed by atoms with Gasteiger partial charge in [0, 0.05) is 0 Å². The van der Waals surface area contributed by atoms with Crippen molar-refractivity contribution in [2.45, 2.75) is 13.3 Å². The summed E-state index contributed by atoms with van der Waals surface area (Å²) in [5.41, 5.74) is 1.47. The van der Waals surface area contributed by atoms with E-state index in [4.69, 9.17) is 5.11 Å². The minimum atomic E-state index is -0.881. The Balaban J connectivity index is 2.73. The lowest BCUT2D eigenvalue weighted by molar-refractivity contribution is 0.0697. The second kappa shape index (κ2) is 4.61. The monoisotopic (exact) mass is 190 g/mol.